The van der Waals surface area contributed by atoms with Gasteiger partial charge in [0, 0.05) is 16.8 Å². The number of para-hydroxylation sites is 1. The summed E-state index contributed by atoms with van der Waals surface area (Å²) in [5.41, 5.74) is 3.67. The lowest BCUT2D eigenvalue weighted by molar-refractivity contribution is 0.262. The minimum atomic E-state index is -0.920. The molecule has 0 bridgehead atoms. The van der Waals surface area contributed by atoms with Crippen molar-refractivity contribution in [1.82, 2.24) is 0 Å². The third-order valence-corrected chi connectivity index (χ3v) is 10.1. The van der Waals surface area contributed by atoms with E-state index >= 15 is 0 Å². The number of rotatable bonds is 6. The Labute approximate surface area is 252 Å². The Kier molecular flexibility index (Phi) is 7.40. The number of anilines is 2. The molecule has 0 aliphatic rings. The molecule has 4 heteroatoms. The van der Waals surface area contributed by atoms with Crippen LogP contribution in [0.3, 0.4) is 0 Å². The zero-order valence-corrected chi connectivity index (χ0v) is 24.3. The van der Waals surface area contributed by atoms with E-state index in [-0.39, 0.29) is 6.03 Å². The first-order chi connectivity index (χ1) is 21.3. The molecule has 206 valence electrons. The maximum Gasteiger partial charge on any atom is 0.323 e. The fraction of sp³-hybridized carbons (Fsp3) is 0. The van der Waals surface area contributed by atoms with E-state index < -0.39 is 7.92 Å². The molecule has 3 nitrogen and oxygen atoms in total. The highest BCUT2D eigenvalue weighted by molar-refractivity contribution is 7.80. The van der Waals surface area contributed by atoms with E-state index in [1.165, 1.54) is 15.9 Å². The van der Waals surface area contributed by atoms with Gasteiger partial charge >= 0.3 is 6.03 Å². The summed E-state index contributed by atoms with van der Waals surface area (Å²) in [5.74, 6) is 0. The molecule has 7 aromatic carbocycles. The van der Waals surface area contributed by atoms with Gasteiger partial charge in [-0.3, -0.25) is 0 Å². The van der Waals surface area contributed by atoms with Gasteiger partial charge in [-0.2, -0.15) is 0 Å². The van der Waals surface area contributed by atoms with Gasteiger partial charge in [0.15, 0.2) is 0 Å². The van der Waals surface area contributed by atoms with Gasteiger partial charge in [-0.25, -0.2) is 4.79 Å². The molecule has 0 aliphatic heterocycles. The second kappa shape index (κ2) is 11.9. The number of amides is 2. The molecule has 0 saturated carbocycles. The van der Waals surface area contributed by atoms with Crippen molar-refractivity contribution in [1.29, 1.82) is 0 Å². The monoisotopic (exact) mass is 572 g/mol. The minimum Gasteiger partial charge on any atom is -0.308 e. The van der Waals surface area contributed by atoms with Crippen molar-refractivity contribution in [2.45, 2.75) is 0 Å². The van der Waals surface area contributed by atoms with Crippen LogP contribution in [0.5, 0.6) is 0 Å². The normalized spacial score (nSPS) is 11.1. The van der Waals surface area contributed by atoms with Gasteiger partial charge in [0.25, 0.3) is 0 Å². The predicted octanol–water partition coefficient (Wildman–Crippen LogP) is 9.06. The Hall–Kier alpha value is -5.24. The summed E-state index contributed by atoms with van der Waals surface area (Å²) in [6.45, 7) is 0. The van der Waals surface area contributed by atoms with Crippen LogP contribution in [0.15, 0.2) is 164 Å². The van der Waals surface area contributed by atoms with E-state index in [9.17, 15) is 4.79 Å². The molecular weight excluding hydrogens is 543 g/mol. The van der Waals surface area contributed by atoms with E-state index in [0.717, 1.165) is 44.0 Å². The lowest BCUT2D eigenvalue weighted by atomic mass is 9.92. The number of benzene rings is 7. The summed E-state index contributed by atoms with van der Waals surface area (Å²) >= 11 is 0. The zero-order chi connectivity index (χ0) is 29.0. The first kappa shape index (κ1) is 26.6. The van der Waals surface area contributed by atoms with Crippen molar-refractivity contribution in [3.8, 4) is 11.1 Å². The Morgan fingerprint density at radius 1 is 0.442 bits per heavy atom. The molecule has 0 radical (unpaired) electrons. The van der Waals surface area contributed by atoms with Gasteiger partial charge < -0.3 is 10.6 Å². The average Bonchev–Trinajstić information content (AvgIpc) is 3.06. The molecular formula is C39H29N2OP. The fourth-order valence-corrected chi connectivity index (χ4v) is 8.22. The summed E-state index contributed by atoms with van der Waals surface area (Å²) in [5, 5.41) is 14.5. The van der Waals surface area contributed by atoms with Gasteiger partial charge in [-0.05, 0) is 63.6 Å². The summed E-state index contributed by atoms with van der Waals surface area (Å²) in [7, 11) is -0.920. The second-order valence-electron chi connectivity index (χ2n) is 10.3. The van der Waals surface area contributed by atoms with Crippen LogP contribution in [0.4, 0.5) is 16.2 Å². The molecule has 43 heavy (non-hydrogen) atoms. The van der Waals surface area contributed by atoms with Crippen LogP contribution in [-0.4, -0.2) is 6.03 Å². The van der Waals surface area contributed by atoms with Crippen molar-refractivity contribution >= 4 is 62.8 Å². The molecule has 7 aromatic rings. The number of nitrogens with one attached hydrogen (secondary N) is 2. The maximum atomic E-state index is 13.4. The number of fused-ring (bicyclic) bond motifs is 2. The number of hydrogen-bond acceptors (Lipinski definition) is 1. The fourth-order valence-electron chi connectivity index (χ4n) is 5.74. The Balaban J connectivity index is 1.51. The third-order valence-electron chi connectivity index (χ3n) is 7.64. The summed E-state index contributed by atoms with van der Waals surface area (Å²) < 4.78 is 0. The van der Waals surface area contributed by atoms with Crippen LogP contribution in [0.25, 0.3) is 32.7 Å². The van der Waals surface area contributed by atoms with Crippen LogP contribution in [0, 0.1) is 0 Å². The Morgan fingerprint density at radius 2 is 0.930 bits per heavy atom. The quantitative estimate of drug-likeness (QED) is 0.192. The molecule has 7 rings (SSSR count). The highest BCUT2D eigenvalue weighted by Gasteiger charge is 2.25. The number of urea groups is 1. The van der Waals surface area contributed by atoms with Crippen molar-refractivity contribution in [3.63, 3.8) is 0 Å². The predicted molar refractivity (Wildman–Crippen MR) is 185 cm³/mol. The molecule has 0 spiro atoms. The molecule has 0 heterocycles. The summed E-state index contributed by atoms with van der Waals surface area (Å²) in [4.78, 5) is 13.4. The van der Waals surface area contributed by atoms with Gasteiger partial charge in [-0.1, -0.05) is 146 Å². The molecule has 0 saturated heterocycles. The SMILES string of the molecule is O=C(Nc1ccccc1)Nc1ccc2ccccc2c1-c1c(P(c2ccccc2)c2ccccc2)ccc2ccccc12. The first-order valence-electron chi connectivity index (χ1n) is 14.3. The van der Waals surface area contributed by atoms with Gasteiger partial charge in [-0.15, -0.1) is 0 Å². The van der Waals surface area contributed by atoms with Crippen molar-refractivity contribution in [3.05, 3.63) is 164 Å². The topological polar surface area (TPSA) is 41.1 Å². The van der Waals surface area contributed by atoms with Gasteiger partial charge in [0.05, 0.1) is 5.69 Å². The molecule has 0 unspecified atom stereocenters. The molecule has 0 fully saturated rings. The highest BCUT2D eigenvalue weighted by atomic mass is 31.1. The molecule has 0 atom stereocenters. The van der Waals surface area contributed by atoms with Crippen LogP contribution < -0.4 is 26.5 Å². The van der Waals surface area contributed by atoms with E-state index in [0.29, 0.717) is 0 Å². The van der Waals surface area contributed by atoms with E-state index in [4.69, 9.17) is 0 Å². The standard InChI is InChI=1S/C39H29N2OP/c42-39(40-30-16-4-1-5-17-30)41-35-26-24-28-14-10-12-22-33(28)37(35)38-34-23-13-11-15-29(34)25-27-36(38)43(31-18-6-2-7-19-31)32-20-8-3-9-21-32/h1-27H,(H2,40,41,42). The highest BCUT2D eigenvalue weighted by Crippen LogP contribution is 2.44. The average molecular weight is 573 g/mol. The van der Waals surface area contributed by atoms with Crippen molar-refractivity contribution in [2.75, 3.05) is 10.6 Å². The summed E-state index contributed by atoms with van der Waals surface area (Å²) in [6, 6.07) is 56.4. The van der Waals surface area contributed by atoms with Crippen molar-refractivity contribution in [2.24, 2.45) is 0 Å². The maximum absolute atomic E-state index is 13.4. The first-order valence-corrected chi connectivity index (χ1v) is 15.7. The van der Waals surface area contributed by atoms with Gasteiger partial charge in [0.2, 0.25) is 0 Å². The summed E-state index contributed by atoms with van der Waals surface area (Å²) in [6.07, 6.45) is 0. The minimum absolute atomic E-state index is 0.280. The third kappa shape index (κ3) is 5.39. The van der Waals surface area contributed by atoms with Crippen LogP contribution in [0.2, 0.25) is 0 Å². The van der Waals surface area contributed by atoms with Crippen LogP contribution in [0.1, 0.15) is 0 Å². The Bertz CT molecular complexity index is 2000. The molecule has 2 N–H and O–H groups in total. The van der Waals surface area contributed by atoms with Crippen LogP contribution >= 0.6 is 7.92 Å². The number of carbonyl (C=O) groups excluding carboxylic acids is 1. The number of carbonyl (C=O) groups is 1. The molecule has 2 amide bonds. The second-order valence-corrected chi connectivity index (χ2v) is 12.5. The van der Waals surface area contributed by atoms with E-state index in [1.807, 2.05) is 36.4 Å². The van der Waals surface area contributed by atoms with Crippen LogP contribution in [-0.2, 0) is 0 Å². The zero-order valence-electron chi connectivity index (χ0n) is 23.4. The molecule has 0 aliphatic carbocycles. The molecule has 0 aromatic heterocycles. The lowest BCUT2D eigenvalue weighted by Gasteiger charge is -2.26. The van der Waals surface area contributed by atoms with Gasteiger partial charge in [0.1, 0.15) is 0 Å². The smallest absolute Gasteiger partial charge is 0.308 e. The largest absolute Gasteiger partial charge is 0.323 e. The lowest BCUT2D eigenvalue weighted by Crippen LogP contribution is -2.23. The van der Waals surface area contributed by atoms with E-state index in [2.05, 4.69) is 138 Å². The Morgan fingerprint density at radius 3 is 1.53 bits per heavy atom. The van der Waals surface area contributed by atoms with Crippen molar-refractivity contribution < 1.29 is 4.79 Å². The number of hydrogen-bond donors (Lipinski definition) is 2. The van der Waals surface area contributed by atoms with E-state index in [1.54, 1.807) is 0 Å².